The predicted molar refractivity (Wildman–Crippen MR) is 98.3 cm³/mol. The van der Waals surface area contributed by atoms with Gasteiger partial charge in [0.25, 0.3) is 0 Å². The Labute approximate surface area is 148 Å². The number of piperidine rings is 1. The first-order valence-electron chi connectivity index (χ1n) is 9.08. The summed E-state index contributed by atoms with van der Waals surface area (Å²) in [5, 5.41) is 9.87. The molecule has 0 amide bonds. The van der Waals surface area contributed by atoms with Gasteiger partial charge in [-0.15, -0.1) is 0 Å². The zero-order valence-corrected chi connectivity index (χ0v) is 15.1. The van der Waals surface area contributed by atoms with E-state index in [9.17, 15) is 4.79 Å². The quantitative estimate of drug-likeness (QED) is 0.816. The minimum absolute atomic E-state index is 0.264. The molecule has 1 aliphatic heterocycles. The number of aliphatic hydroxyl groups excluding tert-OH is 1. The first-order chi connectivity index (χ1) is 12.1. The second kappa shape index (κ2) is 8.02. The number of aliphatic hydroxyl groups is 1. The monoisotopic (exact) mass is 345 g/mol. The predicted octanol–water partition coefficient (Wildman–Crippen LogP) is 2.88. The number of benzene rings is 1. The van der Waals surface area contributed by atoms with E-state index in [0.29, 0.717) is 23.7 Å². The Morgan fingerprint density at radius 3 is 2.72 bits per heavy atom. The van der Waals surface area contributed by atoms with E-state index in [-0.39, 0.29) is 12.2 Å². The van der Waals surface area contributed by atoms with Crippen LogP contribution in [0.3, 0.4) is 0 Å². The normalized spacial score (nSPS) is 16.4. The molecule has 0 spiro atoms. The van der Waals surface area contributed by atoms with Crippen LogP contribution >= 0.6 is 0 Å². The van der Waals surface area contributed by atoms with Crippen molar-refractivity contribution in [2.75, 3.05) is 32.8 Å². The van der Waals surface area contributed by atoms with E-state index in [1.54, 1.807) is 6.92 Å². The molecule has 1 aliphatic rings. The molecular weight excluding hydrogens is 318 g/mol. The highest BCUT2D eigenvalue weighted by Crippen LogP contribution is 2.25. The van der Waals surface area contributed by atoms with Gasteiger partial charge in [0.1, 0.15) is 11.3 Å². The van der Waals surface area contributed by atoms with Crippen LogP contribution in [0.15, 0.2) is 27.4 Å². The van der Waals surface area contributed by atoms with Gasteiger partial charge < -0.3 is 19.2 Å². The fourth-order valence-corrected chi connectivity index (χ4v) is 3.40. The molecular formula is C20H27NO4. The summed E-state index contributed by atoms with van der Waals surface area (Å²) in [6.45, 7) is 7.80. The number of aryl methyl sites for hydroxylation is 1. The molecule has 3 rings (SSSR count). The van der Waals surface area contributed by atoms with Gasteiger partial charge >= 0.3 is 5.63 Å². The molecule has 0 atom stereocenters. The van der Waals surface area contributed by atoms with Gasteiger partial charge in [-0.2, -0.15) is 0 Å². The van der Waals surface area contributed by atoms with Crippen LogP contribution in [-0.2, 0) is 0 Å². The van der Waals surface area contributed by atoms with Crippen molar-refractivity contribution in [3.8, 4) is 5.75 Å². The average Bonchev–Trinajstić information content (AvgIpc) is 2.63. The van der Waals surface area contributed by atoms with Gasteiger partial charge in [0.2, 0.25) is 0 Å². The fraction of sp³-hybridized carbons (Fsp3) is 0.550. The molecule has 1 saturated heterocycles. The van der Waals surface area contributed by atoms with Crippen LogP contribution in [-0.4, -0.2) is 42.9 Å². The summed E-state index contributed by atoms with van der Waals surface area (Å²) in [5.41, 5.74) is 1.93. The molecule has 1 fully saturated rings. The zero-order valence-electron chi connectivity index (χ0n) is 15.1. The van der Waals surface area contributed by atoms with Gasteiger partial charge in [-0.05, 0) is 69.8 Å². The second-order valence-electron chi connectivity index (χ2n) is 6.97. The summed E-state index contributed by atoms with van der Waals surface area (Å²) < 4.78 is 11.4. The number of fused-ring (bicyclic) bond motifs is 1. The maximum absolute atomic E-state index is 11.8. The molecule has 5 heteroatoms. The number of likely N-dealkylation sites (tertiary alicyclic amines) is 1. The third kappa shape index (κ3) is 4.22. The molecule has 1 aromatic carbocycles. The minimum atomic E-state index is -0.280. The number of ether oxygens (including phenoxy) is 1. The smallest absolute Gasteiger partial charge is 0.339 e. The third-order valence-electron chi connectivity index (χ3n) is 5.25. The van der Waals surface area contributed by atoms with Crippen molar-refractivity contribution >= 4 is 11.0 Å². The first-order valence-corrected chi connectivity index (χ1v) is 9.08. The molecule has 2 heterocycles. The van der Waals surface area contributed by atoms with E-state index in [1.165, 1.54) is 0 Å². The van der Waals surface area contributed by atoms with E-state index in [0.717, 1.165) is 55.6 Å². The van der Waals surface area contributed by atoms with Crippen molar-refractivity contribution in [3.05, 3.63) is 39.7 Å². The average molecular weight is 345 g/mol. The number of hydrogen-bond acceptors (Lipinski definition) is 5. The summed E-state index contributed by atoms with van der Waals surface area (Å²) in [6, 6.07) is 5.73. The lowest BCUT2D eigenvalue weighted by atomic mass is 9.97. The Morgan fingerprint density at radius 1 is 1.24 bits per heavy atom. The summed E-state index contributed by atoms with van der Waals surface area (Å²) in [6.07, 6.45) is 3.08. The lowest BCUT2D eigenvalue weighted by Crippen LogP contribution is -2.36. The minimum Gasteiger partial charge on any atom is -0.493 e. The molecule has 2 aromatic rings. The van der Waals surface area contributed by atoms with Crippen LogP contribution in [0, 0.1) is 19.8 Å². The molecule has 0 saturated carbocycles. The molecule has 0 unspecified atom stereocenters. The van der Waals surface area contributed by atoms with Crippen molar-refractivity contribution in [2.24, 2.45) is 5.92 Å². The maximum Gasteiger partial charge on any atom is 0.339 e. The van der Waals surface area contributed by atoms with E-state index >= 15 is 0 Å². The molecule has 5 nitrogen and oxygen atoms in total. The largest absolute Gasteiger partial charge is 0.493 e. The van der Waals surface area contributed by atoms with Crippen molar-refractivity contribution in [1.29, 1.82) is 0 Å². The van der Waals surface area contributed by atoms with E-state index < -0.39 is 0 Å². The Hall–Kier alpha value is -1.85. The Kier molecular flexibility index (Phi) is 5.76. The van der Waals surface area contributed by atoms with Crippen molar-refractivity contribution in [2.45, 2.75) is 33.1 Å². The Bertz CT molecular complexity index is 775. The topological polar surface area (TPSA) is 62.9 Å². The van der Waals surface area contributed by atoms with Crippen LogP contribution in [0.4, 0.5) is 0 Å². The van der Waals surface area contributed by atoms with Crippen LogP contribution in [0.5, 0.6) is 5.75 Å². The number of rotatable bonds is 6. The molecule has 1 N–H and O–H groups in total. The summed E-state index contributed by atoms with van der Waals surface area (Å²) in [7, 11) is 0. The van der Waals surface area contributed by atoms with E-state index in [2.05, 4.69) is 4.90 Å². The van der Waals surface area contributed by atoms with Gasteiger partial charge in [0, 0.05) is 30.2 Å². The van der Waals surface area contributed by atoms with Crippen molar-refractivity contribution < 1.29 is 14.3 Å². The SMILES string of the molecule is Cc1c(C)c2ccc(OCC3CCN(CCCO)CC3)cc2oc1=O. The Morgan fingerprint density at radius 2 is 2.00 bits per heavy atom. The van der Waals surface area contributed by atoms with Crippen LogP contribution in [0.1, 0.15) is 30.4 Å². The fourth-order valence-electron chi connectivity index (χ4n) is 3.40. The molecule has 0 aliphatic carbocycles. The highest BCUT2D eigenvalue weighted by Gasteiger charge is 2.19. The van der Waals surface area contributed by atoms with E-state index in [4.69, 9.17) is 14.3 Å². The summed E-state index contributed by atoms with van der Waals surface area (Å²) >= 11 is 0. The standard InChI is InChI=1S/C20H27NO4/c1-14-15(2)20(23)25-19-12-17(4-5-18(14)19)24-13-16-6-9-21(10-7-16)8-3-11-22/h4-5,12,16,22H,3,6-11,13H2,1-2H3. The highest BCUT2D eigenvalue weighted by molar-refractivity contribution is 5.82. The van der Waals surface area contributed by atoms with Gasteiger partial charge in [-0.3, -0.25) is 0 Å². The highest BCUT2D eigenvalue weighted by atomic mass is 16.5. The van der Waals surface area contributed by atoms with Gasteiger partial charge in [0.15, 0.2) is 0 Å². The van der Waals surface area contributed by atoms with E-state index in [1.807, 2.05) is 25.1 Å². The van der Waals surface area contributed by atoms with Gasteiger partial charge in [-0.1, -0.05) is 0 Å². The van der Waals surface area contributed by atoms with Crippen molar-refractivity contribution in [3.63, 3.8) is 0 Å². The maximum atomic E-state index is 11.8. The molecule has 25 heavy (non-hydrogen) atoms. The van der Waals surface area contributed by atoms with Gasteiger partial charge in [-0.25, -0.2) is 4.79 Å². The molecule has 1 aromatic heterocycles. The molecule has 0 radical (unpaired) electrons. The zero-order chi connectivity index (χ0) is 17.8. The molecule has 0 bridgehead atoms. The van der Waals surface area contributed by atoms with Crippen molar-refractivity contribution in [1.82, 2.24) is 4.90 Å². The summed E-state index contributed by atoms with van der Waals surface area (Å²) in [5.74, 6) is 1.30. The lowest BCUT2D eigenvalue weighted by molar-refractivity contribution is 0.133. The van der Waals surface area contributed by atoms with Gasteiger partial charge in [0.05, 0.1) is 6.61 Å². The number of hydrogen-bond donors (Lipinski definition) is 1. The number of nitrogens with zero attached hydrogens (tertiary/aromatic N) is 1. The first kappa shape index (κ1) is 18.0. The van der Waals surface area contributed by atoms with Crippen LogP contribution in [0.2, 0.25) is 0 Å². The summed E-state index contributed by atoms with van der Waals surface area (Å²) in [4.78, 5) is 14.3. The Balaban J connectivity index is 1.59. The van der Waals surface area contributed by atoms with Crippen LogP contribution < -0.4 is 10.4 Å². The third-order valence-corrected chi connectivity index (χ3v) is 5.25. The second-order valence-corrected chi connectivity index (χ2v) is 6.97. The molecule has 136 valence electrons. The lowest BCUT2D eigenvalue weighted by Gasteiger charge is -2.31. The van der Waals surface area contributed by atoms with Crippen LogP contribution in [0.25, 0.3) is 11.0 Å².